The fourth-order valence-electron chi connectivity index (χ4n) is 2.00. The van der Waals surface area contributed by atoms with E-state index in [1.807, 2.05) is 0 Å². The number of nitro benzene ring substituents is 2. The van der Waals surface area contributed by atoms with E-state index < -0.39 is 15.9 Å². The van der Waals surface area contributed by atoms with Gasteiger partial charge < -0.3 is 10.5 Å². The number of non-ortho nitro benzene ring substituents is 2. The van der Waals surface area contributed by atoms with E-state index in [4.69, 9.17) is 10.5 Å². The first kappa shape index (κ1) is 23.9. The van der Waals surface area contributed by atoms with Crippen LogP contribution in [0, 0.1) is 20.2 Å². The monoisotopic (exact) mass is 430 g/mol. The Morgan fingerprint density at radius 1 is 0.800 bits per heavy atom. The summed E-state index contributed by atoms with van der Waals surface area (Å²) in [4.78, 5) is 31.1. The van der Waals surface area contributed by atoms with Crippen LogP contribution in [0.15, 0.2) is 78.9 Å². The largest absolute Gasteiger partial charge is 0.417 e. The number of nitrogen functional groups attached to an aromatic ring is 1. The number of nitrogens with two attached hydrogens (primary N) is 1. The number of hydrogen-bond acceptors (Lipinski definition) is 7. The molecular weight excluding hydrogens is 412 g/mol. The van der Waals surface area contributed by atoms with Crippen LogP contribution in [-0.2, 0) is 0 Å². The summed E-state index contributed by atoms with van der Waals surface area (Å²) >= 11 is 0. The van der Waals surface area contributed by atoms with Crippen LogP contribution in [0.5, 0.6) is 5.75 Å². The second kappa shape index (κ2) is 11.7. The highest BCUT2D eigenvalue weighted by atomic mass is 32.1. The second-order valence-electron chi connectivity index (χ2n) is 5.48. The van der Waals surface area contributed by atoms with E-state index in [1.165, 1.54) is 48.5 Å². The summed E-state index contributed by atoms with van der Waals surface area (Å²) in [6.07, 6.45) is -0.653. The number of ether oxygens (including phenoxy) is 1. The van der Waals surface area contributed by atoms with Crippen molar-refractivity contribution in [2.24, 2.45) is 0 Å². The molecule has 3 N–H and O–H groups in total. The van der Waals surface area contributed by atoms with Crippen molar-refractivity contribution in [3.8, 4) is 5.75 Å². The van der Waals surface area contributed by atoms with Gasteiger partial charge >= 0.3 is 6.09 Å². The van der Waals surface area contributed by atoms with E-state index in [0.717, 1.165) is 0 Å². The number of carbonyl (C=O) groups is 1. The zero-order valence-electron chi connectivity index (χ0n) is 15.4. The van der Waals surface area contributed by atoms with Crippen LogP contribution in [0.25, 0.3) is 0 Å². The van der Waals surface area contributed by atoms with Crippen molar-refractivity contribution >= 4 is 42.3 Å². The molecule has 3 aromatic carbocycles. The van der Waals surface area contributed by atoms with E-state index >= 15 is 0 Å². The van der Waals surface area contributed by atoms with Crippen molar-refractivity contribution in [1.29, 1.82) is 0 Å². The van der Waals surface area contributed by atoms with Crippen LogP contribution in [-0.4, -0.2) is 15.9 Å². The minimum atomic E-state index is -0.653. The predicted molar refractivity (Wildman–Crippen MR) is 117 cm³/mol. The van der Waals surface area contributed by atoms with Gasteiger partial charge in [0.05, 0.1) is 9.85 Å². The third-order valence-corrected chi connectivity index (χ3v) is 3.38. The van der Waals surface area contributed by atoms with Crippen LogP contribution < -0.4 is 15.8 Å². The molecule has 0 saturated heterocycles. The molecule has 1 amide bonds. The van der Waals surface area contributed by atoms with Crippen molar-refractivity contribution in [3.63, 3.8) is 0 Å². The van der Waals surface area contributed by atoms with E-state index in [0.29, 0.717) is 17.1 Å². The Morgan fingerprint density at radius 3 is 1.73 bits per heavy atom. The number of nitrogens with one attached hydrogen (secondary N) is 1. The minimum Gasteiger partial charge on any atom is -0.410 e. The zero-order chi connectivity index (χ0) is 21.2. The number of nitro groups is 2. The molecule has 30 heavy (non-hydrogen) atoms. The summed E-state index contributed by atoms with van der Waals surface area (Å²) < 4.78 is 5.01. The van der Waals surface area contributed by atoms with Crippen molar-refractivity contribution < 1.29 is 19.4 Å². The smallest absolute Gasteiger partial charge is 0.410 e. The van der Waals surface area contributed by atoms with Gasteiger partial charge in [-0.3, -0.25) is 25.5 Å². The molecule has 0 heterocycles. The molecule has 11 heteroatoms. The van der Waals surface area contributed by atoms with Crippen molar-refractivity contribution in [2.45, 2.75) is 0 Å². The average Bonchev–Trinajstić information content (AvgIpc) is 2.70. The van der Waals surface area contributed by atoms with Gasteiger partial charge in [0.25, 0.3) is 11.4 Å². The molecule has 0 bridgehead atoms. The van der Waals surface area contributed by atoms with Crippen LogP contribution in [0.3, 0.4) is 0 Å². The third kappa shape index (κ3) is 7.86. The first-order valence-corrected chi connectivity index (χ1v) is 8.13. The first-order valence-electron chi connectivity index (χ1n) is 8.13. The number of hydrogen-bond donors (Lipinski definition) is 2. The minimum absolute atomic E-state index is 0. The fourth-order valence-corrected chi connectivity index (χ4v) is 2.00. The van der Waals surface area contributed by atoms with Gasteiger partial charge in [0.15, 0.2) is 0 Å². The molecule has 0 unspecified atom stereocenters. The van der Waals surface area contributed by atoms with Crippen molar-refractivity contribution in [3.05, 3.63) is 99.1 Å². The molecule has 0 aliphatic rings. The molecule has 3 rings (SSSR count). The number of carbonyl (C=O) groups excluding carboxylic acids is 1. The lowest BCUT2D eigenvalue weighted by Crippen LogP contribution is -2.16. The molecule has 3 aromatic rings. The Hall–Kier alpha value is -4.12. The molecule has 156 valence electrons. The number of benzene rings is 3. The summed E-state index contributed by atoms with van der Waals surface area (Å²) in [5.41, 5.74) is 6.28. The highest BCUT2D eigenvalue weighted by Crippen LogP contribution is 2.16. The molecule has 0 saturated carbocycles. The molecule has 0 aromatic heterocycles. The summed E-state index contributed by atoms with van der Waals surface area (Å²) in [5.74, 6) is 0.418. The second-order valence-corrected chi connectivity index (χ2v) is 5.48. The maximum absolute atomic E-state index is 11.5. The summed E-state index contributed by atoms with van der Waals surface area (Å²) in [6, 6.07) is 19.8. The number of para-hydroxylation sites is 1. The highest BCUT2D eigenvalue weighted by molar-refractivity contribution is 7.59. The zero-order valence-corrected chi connectivity index (χ0v) is 16.4. The lowest BCUT2D eigenvalue weighted by molar-refractivity contribution is -0.385. The van der Waals surface area contributed by atoms with Crippen LogP contribution in [0.4, 0.5) is 27.5 Å². The SMILES string of the molecule is Nc1ccc([N+](=O)[O-])cc1.O=C(Nc1ccc([N+](=O)[O-])cc1)Oc1ccccc1.S. The molecule has 0 aliphatic carbocycles. The standard InChI is InChI=1S/C13H10N2O4.C6H6N2O2.H2S/c16-13(19-12-4-2-1-3-5-12)14-10-6-8-11(9-7-10)15(17)18;7-5-1-3-6(4-2-5)8(9)10;/h1-9H,(H,14,16);1-4H,7H2;1H2. The van der Waals surface area contributed by atoms with Gasteiger partial charge in [-0.25, -0.2) is 4.79 Å². The van der Waals surface area contributed by atoms with Gasteiger partial charge in [-0.2, -0.15) is 13.5 Å². The lowest BCUT2D eigenvalue weighted by Gasteiger charge is -2.06. The van der Waals surface area contributed by atoms with E-state index in [-0.39, 0.29) is 24.9 Å². The predicted octanol–water partition coefficient (Wildman–Crippen LogP) is 4.50. The lowest BCUT2D eigenvalue weighted by atomic mass is 10.3. The van der Waals surface area contributed by atoms with E-state index in [1.54, 1.807) is 30.3 Å². The molecule has 0 radical (unpaired) electrons. The van der Waals surface area contributed by atoms with Gasteiger partial charge in [-0.15, -0.1) is 0 Å². The van der Waals surface area contributed by atoms with Crippen LogP contribution in [0.2, 0.25) is 0 Å². The maximum Gasteiger partial charge on any atom is 0.417 e. The van der Waals surface area contributed by atoms with E-state index in [9.17, 15) is 25.0 Å². The summed E-state index contributed by atoms with van der Waals surface area (Å²) in [5, 5.41) is 23.0. The normalized spacial score (nSPS) is 9.20. The number of rotatable bonds is 4. The Bertz CT molecular complexity index is 982. The van der Waals surface area contributed by atoms with Crippen LogP contribution >= 0.6 is 13.5 Å². The topological polar surface area (TPSA) is 151 Å². The molecule has 0 aliphatic heterocycles. The summed E-state index contributed by atoms with van der Waals surface area (Å²) in [7, 11) is 0. The fraction of sp³-hybridized carbons (Fsp3) is 0. The van der Waals surface area contributed by atoms with Gasteiger partial charge in [0.2, 0.25) is 0 Å². The van der Waals surface area contributed by atoms with Gasteiger partial charge in [0.1, 0.15) is 5.75 Å². The Morgan fingerprint density at radius 2 is 1.27 bits per heavy atom. The highest BCUT2D eigenvalue weighted by Gasteiger charge is 2.07. The molecule has 10 nitrogen and oxygen atoms in total. The Labute approximate surface area is 178 Å². The summed E-state index contributed by atoms with van der Waals surface area (Å²) in [6.45, 7) is 0. The molecular formula is C19H18N4O6S. The number of nitrogens with zero attached hydrogens (tertiary/aromatic N) is 2. The molecule has 0 fully saturated rings. The van der Waals surface area contributed by atoms with Gasteiger partial charge in [-0.05, 0) is 36.4 Å². The first-order chi connectivity index (χ1) is 13.8. The Balaban J connectivity index is 0.000000348. The van der Waals surface area contributed by atoms with Gasteiger partial charge in [-0.1, -0.05) is 18.2 Å². The van der Waals surface area contributed by atoms with Crippen LogP contribution in [0.1, 0.15) is 0 Å². The molecule has 0 atom stereocenters. The third-order valence-electron chi connectivity index (χ3n) is 3.38. The number of amides is 1. The quantitative estimate of drug-likeness (QED) is 0.351. The van der Waals surface area contributed by atoms with Crippen molar-refractivity contribution in [2.75, 3.05) is 11.1 Å². The van der Waals surface area contributed by atoms with E-state index in [2.05, 4.69) is 5.32 Å². The molecule has 0 spiro atoms. The maximum atomic E-state index is 11.5. The number of anilines is 2. The average molecular weight is 430 g/mol. The van der Waals surface area contributed by atoms with Gasteiger partial charge in [0, 0.05) is 35.6 Å². The Kier molecular flexibility index (Phi) is 9.30. The van der Waals surface area contributed by atoms with Crippen molar-refractivity contribution in [1.82, 2.24) is 0 Å².